The number of hydrogen-bond donors (Lipinski definition) is 2. The zero-order valence-corrected chi connectivity index (χ0v) is 20.1. The Labute approximate surface area is 213 Å². The summed E-state index contributed by atoms with van der Waals surface area (Å²) >= 11 is 0. The van der Waals surface area contributed by atoms with Crippen molar-refractivity contribution >= 4 is 17.5 Å². The molecule has 0 fully saturated rings. The SMILES string of the molecule is CC(=O)Nc1ccc(-c2nc(C(F)(F)F)n3c2CN(C(=O)CC(N)Cc2cc(F)c(F)cc2F)CC3)cc1. The number of aromatic nitrogens is 2. The minimum Gasteiger partial charge on any atom is -0.335 e. The lowest BCUT2D eigenvalue weighted by Gasteiger charge is -2.30. The van der Waals surface area contributed by atoms with Crippen molar-refractivity contribution in [2.24, 2.45) is 5.73 Å². The Morgan fingerprint density at radius 2 is 1.71 bits per heavy atom. The van der Waals surface area contributed by atoms with Crippen molar-refractivity contribution in [3.63, 3.8) is 0 Å². The largest absolute Gasteiger partial charge is 0.449 e. The van der Waals surface area contributed by atoms with Gasteiger partial charge in [0, 0.05) is 49.8 Å². The van der Waals surface area contributed by atoms with Gasteiger partial charge in [-0.15, -0.1) is 0 Å². The molecule has 4 rings (SSSR count). The number of hydrogen-bond acceptors (Lipinski definition) is 4. The van der Waals surface area contributed by atoms with Crippen LogP contribution >= 0.6 is 0 Å². The molecule has 0 aliphatic carbocycles. The summed E-state index contributed by atoms with van der Waals surface area (Å²) in [5.74, 6) is -5.49. The summed E-state index contributed by atoms with van der Waals surface area (Å²) in [6.07, 6.45) is -5.27. The Kier molecular flexibility index (Phi) is 7.49. The standard InChI is InChI=1S/C25H23F6N5O2/c1-13(37)33-17-4-2-14(3-5-17)23-21-12-35(6-7-36(21)24(34-23)25(29,30)31)22(38)10-16(32)8-15-9-19(27)20(28)11-18(15)26/h2-5,9,11,16H,6-8,10,12,32H2,1H3,(H,33,37). The van der Waals surface area contributed by atoms with Gasteiger partial charge in [-0.1, -0.05) is 12.1 Å². The van der Waals surface area contributed by atoms with E-state index >= 15 is 0 Å². The Morgan fingerprint density at radius 1 is 1.05 bits per heavy atom. The van der Waals surface area contributed by atoms with E-state index in [1.165, 1.54) is 36.1 Å². The molecule has 13 heteroatoms. The van der Waals surface area contributed by atoms with Crippen LogP contribution in [-0.2, 0) is 35.3 Å². The van der Waals surface area contributed by atoms with Gasteiger partial charge >= 0.3 is 6.18 Å². The molecular formula is C25H23F6N5O2. The van der Waals surface area contributed by atoms with Crippen LogP contribution in [0.3, 0.4) is 0 Å². The molecule has 2 aromatic carbocycles. The van der Waals surface area contributed by atoms with Crippen LogP contribution in [0.4, 0.5) is 32.0 Å². The van der Waals surface area contributed by atoms with Crippen molar-refractivity contribution in [1.82, 2.24) is 14.5 Å². The number of rotatable bonds is 6. The number of alkyl halides is 3. The second-order valence-corrected chi connectivity index (χ2v) is 8.98. The molecule has 1 atom stereocenters. The van der Waals surface area contributed by atoms with Crippen molar-refractivity contribution < 1.29 is 35.9 Å². The predicted molar refractivity (Wildman–Crippen MR) is 125 cm³/mol. The van der Waals surface area contributed by atoms with Crippen molar-refractivity contribution in [3.05, 3.63) is 70.9 Å². The molecule has 2 heterocycles. The van der Waals surface area contributed by atoms with Crippen LogP contribution in [0.2, 0.25) is 0 Å². The van der Waals surface area contributed by atoms with Crippen molar-refractivity contribution in [2.75, 3.05) is 11.9 Å². The molecule has 7 nitrogen and oxygen atoms in total. The maximum absolute atomic E-state index is 14.0. The van der Waals surface area contributed by atoms with Crippen molar-refractivity contribution in [3.8, 4) is 11.3 Å². The van der Waals surface area contributed by atoms with E-state index in [2.05, 4.69) is 10.3 Å². The van der Waals surface area contributed by atoms with E-state index in [9.17, 15) is 35.9 Å². The summed E-state index contributed by atoms with van der Waals surface area (Å²) < 4.78 is 82.8. The number of benzene rings is 2. The van der Waals surface area contributed by atoms with E-state index in [4.69, 9.17) is 5.73 Å². The van der Waals surface area contributed by atoms with Gasteiger partial charge in [0.1, 0.15) is 5.82 Å². The molecule has 2 amide bonds. The number of imidazole rings is 1. The van der Waals surface area contributed by atoms with Crippen LogP contribution in [0.25, 0.3) is 11.3 Å². The number of nitrogens with zero attached hydrogens (tertiary/aromatic N) is 3. The summed E-state index contributed by atoms with van der Waals surface area (Å²) in [4.78, 5) is 29.4. The van der Waals surface area contributed by atoms with Crippen LogP contribution in [0.1, 0.15) is 30.4 Å². The quantitative estimate of drug-likeness (QED) is 0.362. The Hall–Kier alpha value is -3.87. The molecule has 38 heavy (non-hydrogen) atoms. The van der Waals surface area contributed by atoms with Gasteiger partial charge in [-0.3, -0.25) is 9.59 Å². The first-order valence-corrected chi connectivity index (χ1v) is 11.5. The highest BCUT2D eigenvalue weighted by Gasteiger charge is 2.40. The second-order valence-electron chi connectivity index (χ2n) is 8.98. The molecule has 0 saturated heterocycles. The number of halogens is 6. The predicted octanol–water partition coefficient (Wildman–Crippen LogP) is 4.25. The molecule has 0 saturated carbocycles. The van der Waals surface area contributed by atoms with Gasteiger partial charge in [0.05, 0.1) is 17.9 Å². The summed E-state index contributed by atoms with van der Waals surface area (Å²) in [5, 5.41) is 2.57. The number of fused-ring (bicyclic) bond motifs is 1. The Bertz CT molecular complexity index is 1370. The number of anilines is 1. The number of carbonyl (C=O) groups is 2. The Balaban J connectivity index is 1.54. The lowest BCUT2D eigenvalue weighted by Crippen LogP contribution is -2.42. The van der Waals surface area contributed by atoms with Crippen molar-refractivity contribution in [1.29, 1.82) is 0 Å². The number of amides is 2. The van der Waals surface area contributed by atoms with Gasteiger partial charge in [-0.05, 0) is 30.2 Å². The first-order chi connectivity index (χ1) is 17.8. The van der Waals surface area contributed by atoms with Gasteiger partial charge in [0.2, 0.25) is 17.6 Å². The van der Waals surface area contributed by atoms with Crippen LogP contribution in [-0.4, -0.2) is 38.9 Å². The van der Waals surface area contributed by atoms with E-state index in [1.54, 1.807) is 0 Å². The fourth-order valence-corrected chi connectivity index (χ4v) is 4.37. The van der Waals surface area contributed by atoms with Gasteiger partial charge in [0.25, 0.3) is 0 Å². The molecule has 1 unspecified atom stereocenters. The smallest absolute Gasteiger partial charge is 0.335 e. The van der Waals surface area contributed by atoms with E-state index in [0.717, 1.165) is 4.57 Å². The molecule has 3 N–H and O–H groups in total. The van der Waals surface area contributed by atoms with Gasteiger partial charge in [-0.25, -0.2) is 18.2 Å². The van der Waals surface area contributed by atoms with Crippen LogP contribution in [0.15, 0.2) is 36.4 Å². The zero-order chi connectivity index (χ0) is 27.8. The molecule has 1 aliphatic rings. The third kappa shape index (κ3) is 5.82. The molecule has 1 aliphatic heterocycles. The lowest BCUT2D eigenvalue weighted by molar-refractivity contribution is -0.148. The molecular weight excluding hydrogens is 516 g/mol. The zero-order valence-electron chi connectivity index (χ0n) is 20.1. The van der Waals surface area contributed by atoms with Crippen LogP contribution in [0, 0.1) is 17.5 Å². The maximum Gasteiger partial charge on any atom is 0.449 e. The molecule has 3 aromatic rings. The first kappa shape index (κ1) is 27.2. The average Bonchev–Trinajstić information content (AvgIpc) is 3.22. The number of nitrogens with one attached hydrogen (secondary N) is 1. The topological polar surface area (TPSA) is 93.2 Å². The second kappa shape index (κ2) is 10.5. The van der Waals surface area contributed by atoms with E-state index in [1.807, 2.05) is 0 Å². The maximum atomic E-state index is 14.0. The fourth-order valence-electron chi connectivity index (χ4n) is 4.37. The third-order valence-electron chi connectivity index (χ3n) is 6.10. The van der Waals surface area contributed by atoms with Gasteiger partial charge < -0.3 is 20.5 Å². The average molecular weight is 539 g/mol. The monoisotopic (exact) mass is 539 g/mol. The number of carbonyl (C=O) groups excluding carboxylic acids is 2. The van der Waals surface area contributed by atoms with Gasteiger partial charge in [0.15, 0.2) is 11.6 Å². The Morgan fingerprint density at radius 3 is 2.34 bits per heavy atom. The third-order valence-corrected chi connectivity index (χ3v) is 6.10. The highest BCUT2D eigenvalue weighted by Crippen LogP contribution is 2.36. The van der Waals surface area contributed by atoms with Crippen molar-refractivity contribution in [2.45, 2.75) is 45.1 Å². The van der Waals surface area contributed by atoms with Gasteiger partial charge in [-0.2, -0.15) is 13.2 Å². The van der Waals surface area contributed by atoms with Crippen LogP contribution in [0.5, 0.6) is 0 Å². The highest BCUT2D eigenvalue weighted by molar-refractivity contribution is 5.89. The summed E-state index contributed by atoms with van der Waals surface area (Å²) in [6.45, 7) is 0.927. The van der Waals surface area contributed by atoms with E-state index in [0.29, 0.717) is 23.4 Å². The van der Waals surface area contributed by atoms with E-state index < -0.39 is 41.4 Å². The lowest BCUT2D eigenvalue weighted by atomic mass is 10.0. The molecule has 202 valence electrons. The highest BCUT2D eigenvalue weighted by atomic mass is 19.4. The van der Waals surface area contributed by atoms with E-state index in [-0.39, 0.29) is 55.3 Å². The summed E-state index contributed by atoms with van der Waals surface area (Å²) in [7, 11) is 0. The molecule has 0 spiro atoms. The molecule has 0 bridgehead atoms. The molecule has 1 aromatic heterocycles. The molecule has 0 radical (unpaired) electrons. The first-order valence-electron chi connectivity index (χ1n) is 11.5. The normalized spacial score (nSPS) is 14.3. The fraction of sp³-hybridized carbons (Fsp3) is 0.320. The number of nitrogens with two attached hydrogens (primary N) is 1. The summed E-state index contributed by atoms with van der Waals surface area (Å²) in [5.41, 5.74) is 6.80. The van der Waals surface area contributed by atoms with Crippen LogP contribution < -0.4 is 11.1 Å². The summed E-state index contributed by atoms with van der Waals surface area (Å²) in [6, 6.07) is 6.21. The minimum absolute atomic E-state index is 0.0392. The minimum atomic E-state index is -4.73.